The summed E-state index contributed by atoms with van der Waals surface area (Å²) in [6, 6.07) is 1.95. The molecule has 0 aliphatic carbocycles. The standard InChI is InChI=1S/C10H19N3/c1-10(2)4-6-11-7-9-13-8-3-5-12-13/h3,5,8,10-11H,4,6-7,9H2,1-2H3. The first-order valence-electron chi connectivity index (χ1n) is 4.97. The fraction of sp³-hybridized carbons (Fsp3) is 0.700. The molecule has 0 saturated carbocycles. The number of nitrogens with one attached hydrogen (secondary N) is 1. The van der Waals surface area contributed by atoms with Gasteiger partial charge in [0.05, 0.1) is 6.54 Å². The summed E-state index contributed by atoms with van der Waals surface area (Å²) < 4.78 is 1.95. The molecule has 1 aromatic heterocycles. The first kappa shape index (κ1) is 10.3. The maximum atomic E-state index is 4.13. The molecule has 0 amide bonds. The van der Waals surface area contributed by atoms with E-state index >= 15 is 0 Å². The van der Waals surface area contributed by atoms with Crippen LogP contribution in [-0.2, 0) is 6.54 Å². The third-order valence-corrected chi connectivity index (χ3v) is 1.98. The van der Waals surface area contributed by atoms with Crippen molar-refractivity contribution in [2.24, 2.45) is 5.92 Å². The minimum atomic E-state index is 0.789. The average molecular weight is 181 g/mol. The molecule has 0 aliphatic heterocycles. The van der Waals surface area contributed by atoms with E-state index in [2.05, 4.69) is 24.3 Å². The summed E-state index contributed by atoms with van der Waals surface area (Å²) in [6.07, 6.45) is 5.05. The van der Waals surface area contributed by atoms with Crippen molar-refractivity contribution in [3.8, 4) is 0 Å². The van der Waals surface area contributed by atoms with Gasteiger partial charge in [-0.3, -0.25) is 4.68 Å². The van der Waals surface area contributed by atoms with E-state index in [1.807, 2.05) is 23.1 Å². The number of rotatable bonds is 6. The second-order valence-electron chi connectivity index (χ2n) is 3.70. The molecule has 0 radical (unpaired) electrons. The Morgan fingerprint density at radius 3 is 2.85 bits per heavy atom. The van der Waals surface area contributed by atoms with Crippen molar-refractivity contribution in [1.29, 1.82) is 0 Å². The number of hydrogen-bond donors (Lipinski definition) is 1. The van der Waals surface area contributed by atoms with E-state index in [0.717, 1.165) is 25.6 Å². The Labute approximate surface area is 80.1 Å². The molecule has 0 saturated heterocycles. The molecule has 3 heteroatoms. The lowest BCUT2D eigenvalue weighted by Crippen LogP contribution is -2.22. The highest BCUT2D eigenvalue weighted by Gasteiger charge is 1.93. The third-order valence-electron chi connectivity index (χ3n) is 1.98. The van der Waals surface area contributed by atoms with Crippen molar-refractivity contribution in [3.63, 3.8) is 0 Å². The number of nitrogens with zero attached hydrogens (tertiary/aromatic N) is 2. The maximum Gasteiger partial charge on any atom is 0.0533 e. The van der Waals surface area contributed by atoms with Crippen LogP contribution in [0.15, 0.2) is 18.5 Å². The van der Waals surface area contributed by atoms with Gasteiger partial charge in [0.2, 0.25) is 0 Å². The van der Waals surface area contributed by atoms with Crippen LogP contribution in [0.3, 0.4) is 0 Å². The lowest BCUT2D eigenvalue weighted by atomic mass is 10.1. The van der Waals surface area contributed by atoms with E-state index in [0.29, 0.717) is 0 Å². The fourth-order valence-electron chi connectivity index (χ4n) is 1.14. The molecule has 0 bridgehead atoms. The van der Waals surface area contributed by atoms with Crippen molar-refractivity contribution >= 4 is 0 Å². The predicted molar refractivity (Wildman–Crippen MR) is 54.6 cm³/mol. The molecule has 1 rings (SSSR count). The molecule has 1 aromatic rings. The second kappa shape index (κ2) is 5.75. The van der Waals surface area contributed by atoms with E-state index in [1.165, 1.54) is 6.42 Å². The van der Waals surface area contributed by atoms with Crippen LogP contribution in [0.25, 0.3) is 0 Å². The highest BCUT2D eigenvalue weighted by molar-refractivity contribution is 4.77. The Morgan fingerprint density at radius 1 is 1.38 bits per heavy atom. The van der Waals surface area contributed by atoms with E-state index in [4.69, 9.17) is 0 Å². The van der Waals surface area contributed by atoms with Crippen molar-refractivity contribution in [2.75, 3.05) is 13.1 Å². The molecule has 0 spiro atoms. The molecule has 74 valence electrons. The normalized spacial score (nSPS) is 11.0. The highest BCUT2D eigenvalue weighted by Crippen LogP contribution is 1.95. The van der Waals surface area contributed by atoms with Crippen LogP contribution in [0.1, 0.15) is 20.3 Å². The summed E-state index contributed by atoms with van der Waals surface area (Å²) in [5.41, 5.74) is 0. The van der Waals surface area contributed by atoms with Gasteiger partial charge in [0.15, 0.2) is 0 Å². The van der Waals surface area contributed by atoms with Gasteiger partial charge in [-0.15, -0.1) is 0 Å². The summed E-state index contributed by atoms with van der Waals surface area (Å²) in [7, 11) is 0. The molecular formula is C10H19N3. The van der Waals surface area contributed by atoms with Gasteiger partial charge < -0.3 is 5.32 Å². The topological polar surface area (TPSA) is 29.9 Å². The van der Waals surface area contributed by atoms with Crippen LogP contribution in [0.2, 0.25) is 0 Å². The van der Waals surface area contributed by atoms with Crippen LogP contribution < -0.4 is 5.32 Å². The Kier molecular flexibility index (Phi) is 4.54. The lowest BCUT2D eigenvalue weighted by molar-refractivity contribution is 0.505. The van der Waals surface area contributed by atoms with Gasteiger partial charge in [-0.05, 0) is 24.9 Å². The van der Waals surface area contributed by atoms with Gasteiger partial charge >= 0.3 is 0 Å². The lowest BCUT2D eigenvalue weighted by Gasteiger charge is -2.06. The zero-order chi connectivity index (χ0) is 9.52. The van der Waals surface area contributed by atoms with Gasteiger partial charge in [0.25, 0.3) is 0 Å². The minimum absolute atomic E-state index is 0.789. The van der Waals surface area contributed by atoms with Gasteiger partial charge in [-0.1, -0.05) is 13.8 Å². The molecule has 0 fully saturated rings. The number of aromatic nitrogens is 2. The van der Waals surface area contributed by atoms with Crippen molar-refractivity contribution in [1.82, 2.24) is 15.1 Å². The maximum absolute atomic E-state index is 4.13. The van der Waals surface area contributed by atoms with E-state index in [1.54, 1.807) is 0 Å². The van der Waals surface area contributed by atoms with Crippen LogP contribution in [-0.4, -0.2) is 22.9 Å². The second-order valence-corrected chi connectivity index (χ2v) is 3.70. The zero-order valence-electron chi connectivity index (χ0n) is 8.53. The van der Waals surface area contributed by atoms with E-state index < -0.39 is 0 Å². The summed E-state index contributed by atoms with van der Waals surface area (Å²) in [5.74, 6) is 0.789. The molecular weight excluding hydrogens is 162 g/mol. The van der Waals surface area contributed by atoms with Gasteiger partial charge in [0.1, 0.15) is 0 Å². The quantitative estimate of drug-likeness (QED) is 0.674. The summed E-state index contributed by atoms with van der Waals surface area (Å²) in [4.78, 5) is 0. The smallest absolute Gasteiger partial charge is 0.0533 e. The first-order valence-corrected chi connectivity index (χ1v) is 4.97. The van der Waals surface area contributed by atoms with Crippen molar-refractivity contribution in [2.45, 2.75) is 26.8 Å². The van der Waals surface area contributed by atoms with Crippen LogP contribution >= 0.6 is 0 Å². The molecule has 0 atom stereocenters. The predicted octanol–water partition coefficient (Wildman–Crippen LogP) is 1.52. The van der Waals surface area contributed by atoms with Crippen LogP contribution in [0.4, 0.5) is 0 Å². The fourth-order valence-corrected chi connectivity index (χ4v) is 1.14. The molecule has 1 heterocycles. The Morgan fingerprint density at radius 2 is 2.23 bits per heavy atom. The van der Waals surface area contributed by atoms with Crippen LogP contribution in [0, 0.1) is 5.92 Å². The van der Waals surface area contributed by atoms with E-state index in [9.17, 15) is 0 Å². The first-order chi connectivity index (χ1) is 6.29. The average Bonchev–Trinajstić information content (AvgIpc) is 2.55. The van der Waals surface area contributed by atoms with Crippen molar-refractivity contribution in [3.05, 3.63) is 18.5 Å². The Balaban J connectivity index is 1.96. The summed E-state index contributed by atoms with van der Waals surface area (Å²) in [6.45, 7) is 7.57. The molecule has 0 aromatic carbocycles. The Bertz CT molecular complexity index is 204. The Hall–Kier alpha value is -0.830. The molecule has 0 aliphatic rings. The highest BCUT2D eigenvalue weighted by atomic mass is 15.3. The third kappa shape index (κ3) is 4.68. The molecule has 0 unspecified atom stereocenters. The van der Waals surface area contributed by atoms with Crippen molar-refractivity contribution < 1.29 is 0 Å². The minimum Gasteiger partial charge on any atom is -0.315 e. The molecule has 13 heavy (non-hydrogen) atoms. The SMILES string of the molecule is CC(C)CCNCCn1cccn1. The summed E-state index contributed by atoms with van der Waals surface area (Å²) in [5, 5.41) is 7.52. The van der Waals surface area contributed by atoms with Gasteiger partial charge in [0, 0.05) is 18.9 Å². The molecule has 3 nitrogen and oxygen atoms in total. The van der Waals surface area contributed by atoms with Gasteiger partial charge in [-0.2, -0.15) is 5.10 Å². The van der Waals surface area contributed by atoms with Crippen LogP contribution in [0.5, 0.6) is 0 Å². The number of hydrogen-bond acceptors (Lipinski definition) is 2. The van der Waals surface area contributed by atoms with Gasteiger partial charge in [-0.25, -0.2) is 0 Å². The zero-order valence-corrected chi connectivity index (χ0v) is 8.53. The summed E-state index contributed by atoms with van der Waals surface area (Å²) >= 11 is 0. The monoisotopic (exact) mass is 181 g/mol. The largest absolute Gasteiger partial charge is 0.315 e. The molecule has 1 N–H and O–H groups in total. The van der Waals surface area contributed by atoms with E-state index in [-0.39, 0.29) is 0 Å².